The van der Waals surface area contributed by atoms with Crippen molar-refractivity contribution < 1.29 is 0 Å². The molecule has 13 aromatic rings. The average Bonchev–Trinajstić information content (AvgIpc) is 4.17. The lowest BCUT2D eigenvalue weighted by Crippen LogP contribution is -2.28. The van der Waals surface area contributed by atoms with Crippen LogP contribution >= 0.6 is 11.3 Å². The number of hydrogen-bond acceptors (Lipinski definition) is 2. The summed E-state index contributed by atoms with van der Waals surface area (Å²) in [6.45, 7) is 4.83. The summed E-state index contributed by atoms with van der Waals surface area (Å²) in [5.41, 5.74) is 21.5. The smallest absolute Gasteiger partial charge is 0.0714 e. The molecule has 11 aromatic carbocycles. The number of nitrogens with zero attached hydrogens (tertiary/aromatic N) is 2. The normalized spacial score (nSPS) is 13.8. The second-order valence-corrected chi connectivity index (χ2v) is 21.5. The molecule has 0 N–H and O–H groups in total. The van der Waals surface area contributed by atoms with Gasteiger partial charge in [-0.2, -0.15) is 0 Å². The second kappa shape index (κ2) is 15.9. The minimum absolute atomic E-state index is 0.254. The molecule has 0 spiro atoms. The SMILES string of the molecule is CC1(C)c2ccccc2-c2cc(N(c3ccc4c(c3)C(c3ccccc3)(c3ccccc3)c3ccccc3-4)c3ccc4sc5ccccc5c4c3)cc(-c3ccc4c(c3)c3ccccc3n4-c3ccccc3)c21. The maximum atomic E-state index is 2.55. The van der Waals surface area contributed by atoms with Crippen molar-refractivity contribution in [3.05, 3.63) is 288 Å². The van der Waals surface area contributed by atoms with E-state index < -0.39 is 5.41 Å². The third-order valence-electron chi connectivity index (χ3n) is 16.2. The van der Waals surface area contributed by atoms with Gasteiger partial charge in [0.1, 0.15) is 0 Å². The third kappa shape index (κ3) is 6.04. The predicted molar refractivity (Wildman–Crippen MR) is 309 cm³/mol. The molecule has 0 atom stereocenters. The quantitative estimate of drug-likeness (QED) is 0.155. The fraction of sp³-hybridized carbons (Fsp3) is 0.0571. The number of benzene rings is 11. The standard InChI is InChI=1S/C70H48N2S/c1-69(2)61-30-16-12-27-53(61)60-43-51(42-57(68(60)69)45-34-38-65-58(40-45)55-28-14-18-32-64(55)72(65)48-24-10-5-11-25-48)71(49-36-39-67-59(41-49)56-29-15-19-33-66(56)73-67)50-35-37-54-52-26-13-17-31-62(52)70(63(54)44-50,46-20-6-3-7-21-46)47-22-8-4-9-23-47/h3-44H,1-2H3. The van der Waals surface area contributed by atoms with Crippen molar-refractivity contribution in [2.75, 3.05) is 4.90 Å². The van der Waals surface area contributed by atoms with E-state index in [0.29, 0.717) is 0 Å². The van der Waals surface area contributed by atoms with Gasteiger partial charge >= 0.3 is 0 Å². The molecule has 0 aliphatic heterocycles. The summed E-state index contributed by atoms with van der Waals surface area (Å²) in [6, 6.07) is 95.6. The molecule has 0 radical (unpaired) electrons. The first-order chi connectivity index (χ1) is 36.0. The van der Waals surface area contributed by atoms with E-state index in [4.69, 9.17) is 0 Å². The lowest BCUT2D eigenvalue weighted by atomic mass is 9.67. The van der Waals surface area contributed by atoms with Crippen molar-refractivity contribution in [3.63, 3.8) is 0 Å². The van der Waals surface area contributed by atoms with Gasteiger partial charge in [-0.3, -0.25) is 0 Å². The molecule has 3 heteroatoms. The summed E-state index contributed by atoms with van der Waals surface area (Å²) in [5.74, 6) is 0. The number of thiophene rings is 1. The maximum Gasteiger partial charge on any atom is 0.0714 e. The zero-order valence-corrected chi connectivity index (χ0v) is 41.4. The predicted octanol–water partition coefficient (Wildman–Crippen LogP) is 19.0. The first-order valence-electron chi connectivity index (χ1n) is 25.4. The Kier molecular flexibility index (Phi) is 9.12. The van der Waals surface area contributed by atoms with E-state index in [1.54, 1.807) is 0 Å². The Morgan fingerprint density at radius 2 is 0.918 bits per heavy atom. The monoisotopic (exact) mass is 948 g/mol. The van der Waals surface area contributed by atoms with Gasteiger partial charge in [0.05, 0.1) is 16.4 Å². The average molecular weight is 949 g/mol. The summed E-state index contributed by atoms with van der Waals surface area (Å²) in [4.78, 5) is 2.55. The topological polar surface area (TPSA) is 8.17 Å². The van der Waals surface area contributed by atoms with Crippen molar-refractivity contribution in [1.82, 2.24) is 4.57 Å². The number of fused-ring (bicyclic) bond motifs is 12. The molecule has 2 nitrogen and oxygen atoms in total. The molecule has 2 aromatic heterocycles. The summed E-state index contributed by atoms with van der Waals surface area (Å²) in [5, 5.41) is 5.05. The lowest BCUT2D eigenvalue weighted by Gasteiger charge is -2.35. The molecule has 73 heavy (non-hydrogen) atoms. The van der Waals surface area contributed by atoms with Crippen LogP contribution in [-0.2, 0) is 10.8 Å². The highest BCUT2D eigenvalue weighted by Gasteiger charge is 2.46. The lowest BCUT2D eigenvalue weighted by molar-refractivity contribution is 0.662. The molecule has 2 heterocycles. The van der Waals surface area contributed by atoms with Crippen LogP contribution in [0.2, 0.25) is 0 Å². The Labute approximate surface area is 429 Å². The molecule has 0 saturated heterocycles. The molecule has 2 aliphatic carbocycles. The molecule has 0 bridgehead atoms. The Bertz CT molecular complexity index is 4310. The Balaban J connectivity index is 1.03. The molecule has 0 fully saturated rings. The van der Waals surface area contributed by atoms with Crippen LogP contribution in [0, 0.1) is 0 Å². The Morgan fingerprint density at radius 3 is 1.68 bits per heavy atom. The number of para-hydroxylation sites is 2. The van der Waals surface area contributed by atoms with Crippen LogP contribution in [0.1, 0.15) is 47.2 Å². The van der Waals surface area contributed by atoms with E-state index in [9.17, 15) is 0 Å². The van der Waals surface area contributed by atoms with Crippen LogP contribution in [-0.4, -0.2) is 4.57 Å². The maximum absolute atomic E-state index is 2.55. The zero-order chi connectivity index (χ0) is 48.4. The summed E-state index contributed by atoms with van der Waals surface area (Å²) < 4.78 is 5.00. The molecule has 15 rings (SSSR count). The van der Waals surface area contributed by atoms with Gasteiger partial charge in [-0.25, -0.2) is 0 Å². The molecular formula is C70H48N2S. The van der Waals surface area contributed by atoms with Gasteiger partial charge < -0.3 is 9.47 Å². The zero-order valence-electron chi connectivity index (χ0n) is 40.6. The highest BCUT2D eigenvalue weighted by Crippen LogP contribution is 2.59. The second-order valence-electron chi connectivity index (χ2n) is 20.4. The van der Waals surface area contributed by atoms with E-state index in [1.807, 2.05) is 11.3 Å². The highest BCUT2D eigenvalue weighted by atomic mass is 32.1. The van der Waals surface area contributed by atoms with Crippen LogP contribution < -0.4 is 4.90 Å². The summed E-state index contributed by atoms with van der Waals surface area (Å²) in [6.07, 6.45) is 0. The molecule has 0 unspecified atom stereocenters. The molecule has 0 saturated carbocycles. The van der Waals surface area contributed by atoms with Gasteiger partial charge in [-0.15, -0.1) is 11.3 Å². The largest absolute Gasteiger partial charge is 0.310 e. The van der Waals surface area contributed by atoms with E-state index in [2.05, 4.69) is 278 Å². The number of aromatic nitrogens is 1. The van der Waals surface area contributed by atoms with Crippen LogP contribution in [0.5, 0.6) is 0 Å². The van der Waals surface area contributed by atoms with Crippen molar-refractivity contribution in [1.29, 1.82) is 0 Å². The fourth-order valence-electron chi connectivity index (χ4n) is 13.1. The van der Waals surface area contributed by atoms with E-state index in [-0.39, 0.29) is 5.41 Å². The van der Waals surface area contributed by atoms with Crippen LogP contribution in [0.25, 0.3) is 81.0 Å². The first-order valence-corrected chi connectivity index (χ1v) is 26.2. The fourth-order valence-corrected chi connectivity index (χ4v) is 14.2. The minimum atomic E-state index is -0.552. The van der Waals surface area contributed by atoms with Crippen molar-refractivity contribution in [3.8, 4) is 39.1 Å². The summed E-state index contributed by atoms with van der Waals surface area (Å²) >= 11 is 1.87. The highest BCUT2D eigenvalue weighted by molar-refractivity contribution is 7.25. The van der Waals surface area contributed by atoms with Crippen LogP contribution in [0.15, 0.2) is 255 Å². The van der Waals surface area contributed by atoms with Gasteiger partial charge in [0.25, 0.3) is 0 Å². The van der Waals surface area contributed by atoms with Gasteiger partial charge in [0, 0.05) is 59.1 Å². The number of anilines is 3. The Morgan fingerprint density at radius 1 is 0.356 bits per heavy atom. The van der Waals surface area contributed by atoms with Crippen molar-refractivity contribution in [2.45, 2.75) is 24.7 Å². The van der Waals surface area contributed by atoms with Gasteiger partial charge in [0.15, 0.2) is 0 Å². The number of rotatable bonds is 7. The van der Waals surface area contributed by atoms with E-state index in [1.165, 1.54) is 109 Å². The van der Waals surface area contributed by atoms with E-state index >= 15 is 0 Å². The van der Waals surface area contributed by atoms with Crippen molar-refractivity contribution in [2.24, 2.45) is 0 Å². The third-order valence-corrected chi connectivity index (χ3v) is 17.4. The number of hydrogen-bond donors (Lipinski definition) is 0. The summed E-state index contributed by atoms with van der Waals surface area (Å²) in [7, 11) is 0. The molecule has 2 aliphatic rings. The Hall–Kier alpha value is -8.76. The molecule has 0 amide bonds. The van der Waals surface area contributed by atoms with Gasteiger partial charge in [-0.05, 0) is 146 Å². The van der Waals surface area contributed by atoms with Crippen LogP contribution in [0.3, 0.4) is 0 Å². The van der Waals surface area contributed by atoms with Gasteiger partial charge in [-0.1, -0.05) is 190 Å². The molecular weight excluding hydrogens is 901 g/mol. The first kappa shape index (κ1) is 42.0. The molecule has 344 valence electrons. The minimum Gasteiger partial charge on any atom is -0.310 e. The van der Waals surface area contributed by atoms with Crippen LogP contribution in [0.4, 0.5) is 17.1 Å². The van der Waals surface area contributed by atoms with Gasteiger partial charge in [0.2, 0.25) is 0 Å². The van der Waals surface area contributed by atoms with E-state index in [0.717, 1.165) is 22.7 Å². The van der Waals surface area contributed by atoms with Crippen molar-refractivity contribution >= 4 is 70.4 Å².